The molecule has 1 atom stereocenters. The summed E-state index contributed by atoms with van der Waals surface area (Å²) in [6.45, 7) is 2.03. The van der Waals surface area contributed by atoms with Crippen molar-refractivity contribution in [2.45, 2.75) is 25.4 Å². The van der Waals surface area contributed by atoms with E-state index in [0.717, 1.165) is 5.56 Å². The summed E-state index contributed by atoms with van der Waals surface area (Å²) in [6, 6.07) is 7.19. The molecule has 26 heavy (non-hydrogen) atoms. The number of nitrogens with two attached hydrogens (primary N) is 1. The molecule has 2 rings (SSSR count). The van der Waals surface area contributed by atoms with Gasteiger partial charge in [-0.05, 0) is 47.0 Å². The molecule has 0 saturated heterocycles. The minimum Gasteiger partial charge on any atom is -0.406 e. The lowest BCUT2D eigenvalue weighted by atomic mass is 9.99. The van der Waals surface area contributed by atoms with E-state index in [1.54, 1.807) is 6.92 Å². The number of halogens is 4. The first kappa shape index (κ1) is 22.5. The third-order valence-electron chi connectivity index (χ3n) is 3.35. The first-order valence-electron chi connectivity index (χ1n) is 7.29. The predicted molar refractivity (Wildman–Crippen MR) is 106 cm³/mol. The number of aliphatic hydroxyl groups is 1. The van der Waals surface area contributed by atoms with Crippen molar-refractivity contribution >= 4 is 41.3 Å². The summed E-state index contributed by atoms with van der Waals surface area (Å²) in [6.07, 6.45) is -4.71. The van der Waals surface area contributed by atoms with Crippen LogP contribution >= 0.6 is 35.3 Å². The number of hydrogen-bond acceptors (Lipinski definition) is 4. The molecule has 0 aliphatic carbocycles. The SMILES string of the molecule is CC(O)(CNC(N)=NCc1ccc(OC(F)(F)F)cc1)c1ccsc1.I. The van der Waals surface area contributed by atoms with Gasteiger partial charge in [0.25, 0.3) is 0 Å². The lowest BCUT2D eigenvalue weighted by Crippen LogP contribution is -2.41. The van der Waals surface area contributed by atoms with Gasteiger partial charge >= 0.3 is 6.36 Å². The van der Waals surface area contributed by atoms with Crippen LogP contribution < -0.4 is 15.8 Å². The summed E-state index contributed by atoms with van der Waals surface area (Å²) in [7, 11) is 0. The highest BCUT2D eigenvalue weighted by Gasteiger charge is 2.30. The molecule has 0 radical (unpaired) electrons. The number of nitrogens with one attached hydrogen (secondary N) is 1. The Morgan fingerprint density at radius 3 is 2.46 bits per heavy atom. The molecule has 1 aromatic heterocycles. The summed E-state index contributed by atoms with van der Waals surface area (Å²) in [5, 5.41) is 16.9. The van der Waals surface area contributed by atoms with Crippen LogP contribution in [0.3, 0.4) is 0 Å². The zero-order chi connectivity index (χ0) is 18.5. The van der Waals surface area contributed by atoms with Crippen LogP contribution in [0.5, 0.6) is 5.75 Å². The molecule has 1 aromatic carbocycles. The lowest BCUT2D eigenvalue weighted by molar-refractivity contribution is -0.274. The van der Waals surface area contributed by atoms with Crippen molar-refractivity contribution in [1.82, 2.24) is 5.32 Å². The average molecular weight is 501 g/mol. The molecular formula is C16H19F3IN3O2S. The zero-order valence-corrected chi connectivity index (χ0v) is 16.9. The van der Waals surface area contributed by atoms with Crippen LogP contribution in [0.4, 0.5) is 13.2 Å². The van der Waals surface area contributed by atoms with Crippen LogP contribution in [0.2, 0.25) is 0 Å². The molecule has 0 aliphatic heterocycles. The minimum atomic E-state index is -4.71. The van der Waals surface area contributed by atoms with E-state index in [1.807, 2.05) is 16.8 Å². The Hall–Kier alpha value is -1.53. The van der Waals surface area contributed by atoms with Crippen LogP contribution in [0.1, 0.15) is 18.1 Å². The first-order chi connectivity index (χ1) is 11.7. The second-order valence-electron chi connectivity index (χ2n) is 5.53. The second kappa shape index (κ2) is 9.42. The van der Waals surface area contributed by atoms with E-state index < -0.39 is 12.0 Å². The van der Waals surface area contributed by atoms with Gasteiger partial charge in [-0.25, -0.2) is 4.99 Å². The number of alkyl halides is 3. The van der Waals surface area contributed by atoms with E-state index in [4.69, 9.17) is 5.73 Å². The van der Waals surface area contributed by atoms with E-state index in [1.165, 1.54) is 35.6 Å². The van der Waals surface area contributed by atoms with Gasteiger partial charge in [-0.2, -0.15) is 11.3 Å². The summed E-state index contributed by atoms with van der Waals surface area (Å²) in [5.74, 6) is -0.163. The largest absolute Gasteiger partial charge is 0.573 e. The van der Waals surface area contributed by atoms with Crippen LogP contribution in [0.15, 0.2) is 46.1 Å². The number of hydrogen-bond donors (Lipinski definition) is 3. The maximum absolute atomic E-state index is 12.1. The smallest absolute Gasteiger partial charge is 0.406 e. The molecule has 144 valence electrons. The minimum absolute atomic E-state index is 0. The maximum Gasteiger partial charge on any atom is 0.573 e. The van der Waals surface area contributed by atoms with Crippen molar-refractivity contribution in [2.75, 3.05) is 6.54 Å². The Bertz CT molecular complexity index is 705. The van der Waals surface area contributed by atoms with Gasteiger partial charge in [0.15, 0.2) is 5.96 Å². The molecule has 1 heterocycles. The second-order valence-corrected chi connectivity index (χ2v) is 6.31. The fourth-order valence-electron chi connectivity index (χ4n) is 1.96. The molecule has 1 unspecified atom stereocenters. The monoisotopic (exact) mass is 501 g/mol. The Morgan fingerprint density at radius 1 is 1.27 bits per heavy atom. The van der Waals surface area contributed by atoms with E-state index in [2.05, 4.69) is 15.0 Å². The van der Waals surface area contributed by atoms with E-state index in [9.17, 15) is 18.3 Å². The van der Waals surface area contributed by atoms with Gasteiger partial charge in [-0.1, -0.05) is 12.1 Å². The maximum atomic E-state index is 12.1. The summed E-state index contributed by atoms with van der Waals surface area (Å²) in [5.41, 5.74) is 6.11. The van der Waals surface area contributed by atoms with Crippen LogP contribution in [0.25, 0.3) is 0 Å². The number of ether oxygens (including phenoxy) is 1. The molecule has 10 heteroatoms. The van der Waals surface area contributed by atoms with Gasteiger partial charge in [-0.15, -0.1) is 37.1 Å². The molecule has 0 fully saturated rings. The molecule has 0 saturated carbocycles. The fourth-order valence-corrected chi connectivity index (χ4v) is 2.75. The lowest BCUT2D eigenvalue weighted by Gasteiger charge is -2.23. The number of rotatable bonds is 6. The van der Waals surface area contributed by atoms with Gasteiger partial charge in [0, 0.05) is 0 Å². The van der Waals surface area contributed by atoms with Crippen molar-refractivity contribution < 1.29 is 23.0 Å². The Balaban J connectivity index is 0.00000338. The van der Waals surface area contributed by atoms with Gasteiger partial charge in [0.2, 0.25) is 0 Å². The van der Waals surface area contributed by atoms with Crippen molar-refractivity contribution in [3.05, 3.63) is 52.2 Å². The van der Waals surface area contributed by atoms with Crippen molar-refractivity contribution in [2.24, 2.45) is 10.7 Å². The fraction of sp³-hybridized carbons (Fsp3) is 0.312. The summed E-state index contributed by atoms with van der Waals surface area (Å²) in [4.78, 5) is 4.09. The predicted octanol–water partition coefficient (Wildman–Crippen LogP) is 3.58. The van der Waals surface area contributed by atoms with E-state index in [-0.39, 0.29) is 48.8 Å². The van der Waals surface area contributed by atoms with Crippen LogP contribution in [0, 0.1) is 0 Å². The molecule has 4 N–H and O–H groups in total. The quantitative estimate of drug-likeness (QED) is 0.321. The van der Waals surface area contributed by atoms with Gasteiger partial charge in [0.1, 0.15) is 11.4 Å². The van der Waals surface area contributed by atoms with Crippen LogP contribution in [-0.4, -0.2) is 24.0 Å². The Morgan fingerprint density at radius 2 is 1.92 bits per heavy atom. The Labute approximate surface area is 170 Å². The highest BCUT2D eigenvalue weighted by molar-refractivity contribution is 14.0. The van der Waals surface area contributed by atoms with Gasteiger partial charge in [0.05, 0.1) is 13.1 Å². The standard InChI is InChI=1S/C16H18F3N3O2S.HI/c1-15(23,12-6-7-25-9-12)10-22-14(20)21-8-11-2-4-13(5-3-11)24-16(17,18)19;/h2-7,9,23H,8,10H2,1H3,(H3,20,21,22);1H. The number of aliphatic imine (C=N–C) groups is 1. The normalized spacial score (nSPS) is 14.3. The molecule has 0 spiro atoms. The topological polar surface area (TPSA) is 79.9 Å². The molecule has 0 amide bonds. The van der Waals surface area contributed by atoms with Crippen molar-refractivity contribution in [1.29, 1.82) is 0 Å². The van der Waals surface area contributed by atoms with Crippen LogP contribution in [-0.2, 0) is 12.1 Å². The summed E-state index contributed by atoms with van der Waals surface area (Å²) < 4.78 is 40.1. The van der Waals surface area contributed by atoms with Crippen molar-refractivity contribution in [3.8, 4) is 5.75 Å². The van der Waals surface area contributed by atoms with E-state index in [0.29, 0.717) is 5.56 Å². The van der Waals surface area contributed by atoms with E-state index >= 15 is 0 Å². The molecule has 0 bridgehead atoms. The van der Waals surface area contributed by atoms with Gasteiger partial charge in [-0.3, -0.25) is 0 Å². The van der Waals surface area contributed by atoms with Gasteiger partial charge < -0.3 is 20.9 Å². The highest BCUT2D eigenvalue weighted by atomic mass is 127. The average Bonchev–Trinajstić information content (AvgIpc) is 3.06. The number of benzene rings is 1. The number of nitrogens with zero attached hydrogens (tertiary/aromatic N) is 1. The third-order valence-corrected chi connectivity index (χ3v) is 4.03. The Kier molecular flexibility index (Phi) is 8.15. The zero-order valence-electron chi connectivity index (χ0n) is 13.8. The molecule has 0 aliphatic rings. The first-order valence-corrected chi connectivity index (χ1v) is 8.23. The number of thiophene rings is 1. The summed E-state index contributed by atoms with van der Waals surface area (Å²) >= 11 is 1.48. The molecule has 5 nitrogen and oxygen atoms in total. The molecular weight excluding hydrogens is 482 g/mol. The van der Waals surface area contributed by atoms with Crippen molar-refractivity contribution in [3.63, 3.8) is 0 Å². The third kappa shape index (κ3) is 7.38. The molecule has 2 aromatic rings. The highest BCUT2D eigenvalue weighted by Crippen LogP contribution is 2.23. The number of guanidine groups is 1.